The Kier molecular flexibility index (Phi) is 39.0. The third-order valence-corrected chi connectivity index (χ3v) is 21.3. The van der Waals surface area contributed by atoms with Crippen LogP contribution in [0.2, 0.25) is 0 Å². The van der Waals surface area contributed by atoms with Crippen molar-refractivity contribution < 1.29 is 60.7 Å². The molecule has 0 unspecified atom stereocenters. The van der Waals surface area contributed by atoms with Crippen molar-refractivity contribution in [2.75, 3.05) is 20.6 Å². The fourth-order valence-electron chi connectivity index (χ4n) is 11.7. The van der Waals surface area contributed by atoms with Gasteiger partial charge in [0.15, 0.2) is 11.6 Å². The molecule has 29 heteroatoms. The third kappa shape index (κ3) is 31.9. The van der Waals surface area contributed by atoms with Gasteiger partial charge < -0.3 is 45.1 Å². The number of rotatable bonds is 40. The SMILES string of the molecule is CC(C)c1nc(CN(C)C(=O)N[C@@H](CCNCl)C(=O)C[C@@H](CC[C@@H](Cc2ccccc2)NC(=O)OCc2cncs2)Cc2ccccc2)cs1.CC(C)c1nc(CN(C)C(=O)N[C@@H](CCn2cnnc2)C(=O)C[C@@H](CC[C@@H](Cc2ccccc2)NC(=O)OCc2cncs2)Cc2ccccc2)cs1.I.[2HH].[W]. The number of aryl methyl sites for hydroxylation is 1. The summed E-state index contributed by atoms with van der Waals surface area (Å²) in [6, 6.07) is 37.6. The van der Waals surface area contributed by atoms with Crippen LogP contribution in [0.1, 0.15) is 146 Å². The summed E-state index contributed by atoms with van der Waals surface area (Å²) >= 11 is 11.8. The summed E-state index contributed by atoms with van der Waals surface area (Å²) in [5.74, 6) is 0.427. The molecule has 0 fully saturated rings. The van der Waals surface area contributed by atoms with Gasteiger partial charge >= 0.3 is 24.2 Å². The van der Waals surface area contributed by atoms with E-state index in [4.69, 9.17) is 21.3 Å². The molecule has 564 valence electrons. The summed E-state index contributed by atoms with van der Waals surface area (Å²) in [5.41, 5.74) is 9.47. The summed E-state index contributed by atoms with van der Waals surface area (Å²) in [4.78, 5) is 106. The van der Waals surface area contributed by atoms with Gasteiger partial charge in [0, 0.05) is 110 Å². The Morgan fingerprint density at radius 1 is 0.514 bits per heavy atom. The van der Waals surface area contributed by atoms with E-state index in [1.807, 2.05) is 108 Å². The normalized spacial score (nSPS) is 12.7. The molecule has 6 amide bonds. The van der Waals surface area contributed by atoms with E-state index < -0.39 is 24.3 Å². The number of Topliss-reactive ketones (excluding diaryl/α,β-unsaturated/α-hetero) is 2. The van der Waals surface area contributed by atoms with Gasteiger partial charge in [0.2, 0.25) is 0 Å². The second-order valence-corrected chi connectivity index (χ2v) is 30.3. The predicted molar refractivity (Wildman–Crippen MR) is 424 cm³/mol. The number of hydrogen-bond acceptors (Lipinski definition) is 19. The Morgan fingerprint density at radius 3 is 1.25 bits per heavy atom. The second-order valence-electron chi connectivity index (χ2n) is 26.3. The van der Waals surface area contributed by atoms with Gasteiger partial charge in [-0.25, -0.2) is 34.0 Å². The van der Waals surface area contributed by atoms with Crippen LogP contribution in [0.25, 0.3) is 0 Å². The minimum absolute atomic E-state index is 0. The number of carbonyl (C=O) groups excluding carboxylic acids is 6. The number of carbonyl (C=O) groups is 6. The van der Waals surface area contributed by atoms with E-state index >= 15 is 0 Å². The first-order chi connectivity index (χ1) is 49.9. The van der Waals surface area contributed by atoms with Crippen molar-refractivity contribution >= 4 is 117 Å². The first-order valence-electron chi connectivity index (χ1n) is 34.8. The molecule has 9 rings (SSSR count). The molecule has 5 heterocycles. The fraction of sp³-hybridized carbons (Fsp3) is 0.421. The number of amides is 6. The predicted octanol–water partition coefficient (Wildman–Crippen LogP) is 15.4. The molecule has 6 atom stereocenters. The molecule has 0 saturated carbocycles. The van der Waals surface area contributed by atoms with E-state index in [0.29, 0.717) is 102 Å². The number of hydrogen-bond donors (Lipinski definition) is 5. The summed E-state index contributed by atoms with van der Waals surface area (Å²) in [6.07, 6.45) is 12.0. The van der Waals surface area contributed by atoms with Gasteiger partial charge in [-0.3, -0.25) is 19.6 Å². The van der Waals surface area contributed by atoms with Crippen LogP contribution in [0.3, 0.4) is 0 Å². The minimum Gasteiger partial charge on any atom is -0.444 e. The summed E-state index contributed by atoms with van der Waals surface area (Å²) < 4.78 is 12.8. The largest absolute Gasteiger partial charge is 0.444 e. The Hall–Kier alpha value is -7.37. The topological polar surface area (TPSA) is 270 Å². The van der Waals surface area contributed by atoms with Crippen LogP contribution in [-0.4, -0.2) is 125 Å². The van der Waals surface area contributed by atoms with Crippen molar-refractivity contribution in [1.29, 1.82) is 0 Å². The van der Waals surface area contributed by atoms with Gasteiger partial charge in [-0.1, -0.05) is 149 Å². The third-order valence-electron chi connectivity index (χ3n) is 17.2. The Morgan fingerprint density at radius 2 is 0.895 bits per heavy atom. The number of benzene rings is 4. The quantitative estimate of drug-likeness (QED) is 0.0176. The zero-order valence-electron chi connectivity index (χ0n) is 60.1. The molecule has 0 aliphatic carbocycles. The average Bonchev–Trinajstić information content (AvgIpc) is 1.25. The molecule has 5 aromatic heterocycles. The Balaban J connectivity index is 0.000000371. The van der Waals surface area contributed by atoms with Gasteiger partial charge in [0.05, 0.1) is 67.4 Å². The van der Waals surface area contributed by atoms with E-state index in [2.05, 4.69) is 108 Å². The zero-order chi connectivity index (χ0) is 73.1. The summed E-state index contributed by atoms with van der Waals surface area (Å²) in [7, 11) is 3.41. The molecule has 0 aliphatic heterocycles. The number of halogens is 2. The van der Waals surface area contributed by atoms with E-state index in [-0.39, 0.29) is 120 Å². The number of alkyl carbamates (subject to hydrolysis) is 2. The number of nitrogens with zero attached hydrogens (tertiary/aromatic N) is 9. The van der Waals surface area contributed by atoms with Crippen LogP contribution in [0.4, 0.5) is 19.2 Å². The van der Waals surface area contributed by atoms with Crippen LogP contribution in [0, 0.1) is 11.8 Å². The number of nitrogens with one attached hydrogen (secondary N) is 5. The van der Waals surface area contributed by atoms with Gasteiger partial charge in [0.25, 0.3) is 0 Å². The maximum Gasteiger partial charge on any atom is 0.407 e. The van der Waals surface area contributed by atoms with E-state index in [0.717, 1.165) is 53.4 Å². The smallest absolute Gasteiger partial charge is 0.407 e. The molecule has 0 aliphatic rings. The molecule has 9 aromatic rings. The monoisotopic (exact) mass is 1810 g/mol. The molecule has 5 N–H and O–H groups in total. The van der Waals surface area contributed by atoms with Crippen molar-refractivity contribution in [2.24, 2.45) is 11.8 Å². The van der Waals surface area contributed by atoms with Crippen LogP contribution in [-0.2, 0) is 98.7 Å². The van der Waals surface area contributed by atoms with Crippen molar-refractivity contribution in [3.05, 3.63) is 222 Å². The van der Waals surface area contributed by atoms with Crippen molar-refractivity contribution in [3.63, 3.8) is 0 Å². The number of aromatic nitrogens is 7. The first-order valence-corrected chi connectivity index (χ1v) is 38.7. The number of urea groups is 2. The first kappa shape index (κ1) is 86.5. The Labute approximate surface area is 670 Å². The molecule has 0 saturated heterocycles. The van der Waals surface area contributed by atoms with E-state index in [1.54, 1.807) is 87.2 Å². The molecule has 4 aromatic carbocycles. The second kappa shape index (κ2) is 47.3. The van der Waals surface area contributed by atoms with Crippen molar-refractivity contribution in [1.82, 2.24) is 70.6 Å². The van der Waals surface area contributed by atoms with Gasteiger partial charge in [-0.05, 0) is 110 Å². The molecular weight excluding hydrogens is 1710 g/mol. The van der Waals surface area contributed by atoms with Crippen molar-refractivity contribution in [3.8, 4) is 0 Å². The Bertz CT molecular complexity index is 3940. The molecule has 105 heavy (non-hydrogen) atoms. The molecule has 0 spiro atoms. The average molecular weight is 1810 g/mol. The molecular formula is C76H98ClIN14O8S4W. The van der Waals surface area contributed by atoms with E-state index in [1.165, 1.54) is 22.7 Å². The molecule has 22 nitrogen and oxygen atoms in total. The van der Waals surface area contributed by atoms with Crippen LogP contribution in [0.15, 0.2) is 168 Å². The maximum absolute atomic E-state index is 14.2. The van der Waals surface area contributed by atoms with Crippen LogP contribution >= 0.6 is 81.1 Å². The number of ketones is 2. The van der Waals surface area contributed by atoms with Crippen molar-refractivity contribution in [2.45, 2.75) is 174 Å². The maximum atomic E-state index is 14.2. The molecule has 0 bridgehead atoms. The van der Waals surface area contributed by atoms with Gasteiger partial charge in [-0.15, -0.1) is 79.5 Å². The van der Waals surface area contributed by atoms with Gasteiger partial charge in [-0.2, -0.15) is 0 Å². The van der Waals surface area contributed by atoms with Crippen LogP contribution < -0.4 is 26.1 Å². The minimum atomic E-state index is -0.729. The zero-order valence-corrected chi connectivity index (χ0v) is 69.4. The van der Waals surface area contributed by atoms with E-state index in [9.17, 15) is 28.8 Å². The van der Waals surface area contributed by atoms with Crippen LogP contribution in [0.5, 0.6) is 0 Å². The summed E-state index contributed by atoms with van der Waals surface area (Å²) in [6.45, 7) is 10.2. The number of ether oxygens (including phenoxy) is 2. The van der Waals surface area contributed by atoms with Gasteiger partial charge in [0.1, 0.15) is 25.9 Å². The standard InChI is InChI=1S/C39H48N8O4S2.C37H47ClN6O4S2.HI.W.H2/c1-28(2)37-43-33(24-52-37)22-46(3)38(49)45-35(16-17-47-25-41-42-26-47)36(48)20-31(18-29-10-6-4-7-11-29)14-15-32(19-30-12-8-5-9-13-30)44-39(50)51-23-34-21-40-27-53-34;1-26(2)35-41-31(24-49-35)22-44(3)36(46)43-33(16-17-40-38)34(45)20-29(18-27-10-6-4-7-11-27)14-15-30(19-28-12-8-5-9-13-28)42-37(47)48-23-32-21-39-25-50-32;;;/h4-13,21,24-28,31-32,35H,14-20,22-23H2,1-3H3,(H,44,50)(H,45,49);4-13,21,24-26,29-30,33,40H,14-20,22-23H2,1-3H3,(H,42,47)(H,43,46);1H;;1H/t31-,32-,35-;29-,30-,33-;;;/m00.../s1/i;;;;1+1. The number of thiazole rings is 4. The molecule has 0 radical (unpaired) electrons. The summed E-state index contributed by atoms with van der Waals surface area (Å²) in [5, 5.41) is 25.9. The fourth-order valence-corrected chi connectivity index (χ4v) is 14.4.